The van der Waals surface area contributed by atoms with E-state index in [1.54, 1.807) is 0 Å². The quantitative estimate of drug-likeness (QED) is 0.848. The molecule has 0 aliphatic rings. The van der Waals surface area contributed by atoms with Crippen molar-refractivity contribution in [3.63, 3.8) is 0 Å². The molecule has 21 heavy (non-hydrogen) atoms. The average molecular weight is 278 g/mol. The largest absolute Gasteiger partial charge is 0.326 e. The standard InChI is InChI=1S/C18H18N2O/c1-14-5-2-7-16(11-14)13-18(21)20-17-9-3-6-15(12-17)8-4-10-19/h2-3,5-7,9,11-12H,10,13,19H2,1H3,(H,20,21). The van der Waals surface area contributed by atoms with Crippen LogP contribution in [0.4, 0.5) is 5.69 Å². The molecule has 2 aromatic rings. The number of nitrogens with one attached hydrogen (secondary N) is 1. The maximum atomic E-state index is 12.1. The zero-order valence-electron chi connectivity index (χ0n) is 12.0. The summed E-state index contributed by atoms with van der Waals surface area (Å²) in [5.41, 5.74) is 9.10. The molecular formula is C18H18N2O. The number of rotatable bonds is 3. The lowest BCUT2D eigenvalue weighted by molar-refractivity contribution is -0.115. The second kappa shape index (κ2) is 7.28. The van der Waals surface area contributed by atoms with E-state index in [9.17, 15) is 4.79 Å². The normalized spacial score (nSPS) is 9.62. The first-order valence-corrected chi connectivity index (χ1v) is 6.82. The molecule has 2 rings (SSSR count). The Bertz CT molecular complexity index is 696. The van der Waals surface area contributed by atoms with Gasteiger partial charge in [0.05, 0.1) is 13.0 Å². The van der Waals surface area contributed by atoms with E-state index in [4.69, 9.17) is 5.73 Å². The number of benzene rings is 2. The summed E-state index contributed by atoms with van der Waals surface area (Å²) in [6, 6.07) is 15.4. The first-order valence-electron chi connectivity index (χ1n) is 6.82. The van der Waals surface area contributed by atoms with Crippen molar-refractivity contribution in [3.05, 3.63) is 65.2 Å². The van der Waals surface area contributed by atoms with Crippen molar-refractivity contribution < 1.29 is 4.79 Å². The van der Waals surface area contributed by atoms with Gasteiger partial charge in [-0.25, -0.2) is 0 Å². The fraction of sp³-hybridized carbons (Fsp3) is 0.167. The Morgan fingerprint density at radius 3 is 2.76 bits per heavy atom. The van der Waals surface area contributed by atoms with Crippen LogP contribution in [0.5, 0.6) is 0 Å². The van der Waals surface area contributed by atoms with E-state index in [1.165, 1.54) is 0 Å². The van der Waals surface area contributed by atoms with Crippen molar-refractivity contribution in [1.29, 1.82) is 0 Å². The van der Waals surface area contributed by atoms with Crippen molar-refractivity contribution in [1.82, 2.24) is 0 Å². The van der Waals surface area contributed by atoms with Gasteiger partial charge in [0.2, 0.25) is 5.91 Å². The van der Waals surface area contributed by atoms with Crippen LogP contribution in [0.2, 0.25) is 0 Å². The lowest BCUT2D eigenvalue weighted by Gasteiger charge is -2.06. The fourth-order valence-electron chi connectivity index (χ4n) is 2.04. The Morgan fingerprint density at radius 2 is 2.00 bits per heavy atom. The van der Waals surface area contributed by atoms with Crippen molar-refractivity contribution in [3.8, 4) is 11.8 Å². The molecule has 0 saturated heterocycles. The Labute approximate surface area is 125 Å². The fourth-order valence-corrected chi connectivity index (χ4v) is 2.04. The second-order valence-electron chi connectivity index (χ2n) is 4.80. The van der Waals surface area contributed by atoms with Gasteiger partial charge in [-0.2, -0.15) is 0 Å². The summed E-state index contributed by atoms with van der Waals surface area (Å²) < 4.78 is 0. The van der Waals surface area contributed by atoms with Crippen molar-refractivity contribution in [2.45, 2.75) is 13.3 Å². The van der Waals surface area contributed by atoms with Crippen molar-refractivity contribution >= 4 is 11.6 Å². The van der Waals surface area contributed by atoms with Gasteiger partial charge in [0.1, 0.15) is 0 Å². The van der Waals surface area contributed by atoms with Crippen LogP contribution in [0.15, 0.2) is 48.5 Å². The molecule has 3 N–H and O–H groups in total. The molecule has 0 fully saturated rings. The molecule has 1 amide bonds. The van der Waals surface area contributed by atoms with Crippen LogP contribution in [0.1, 0.15) is 16.7 Å². The summed E-state index contributed by atoms with van der Waals surface area (Å²) >= 11 is 0. The predicted molar refractivity (Wildman–Crippen MR) is 85.9 cm³/mol. The van der Waals surface area contributed by atoms with E-state index < -0.39 is 0 Å². The smallest absolute Gasteiger partial charge is 0.228 e. The molecule has 106 valence electrons. The van der Waals surface area contributed by atoms with Gasteiger partial charge in [0, 0.05) is 11.3 Å². The topological polar surface area (TPSA) is 55.1 Å². The van der Waals surface area contributed by atoms with Crippen LogP contribution in [0.25, 0.3) is 0 Å². The van der Waals surface area contributed by atoms with Crippen LogP contribution in [-0.4, -0.2) is 12.5 Å². The average Bonchev–Trinajstić information content (AvgIpc) is 2.45. The first-order chi connectivity index (χ1) is 10.2. The lowest BCUT2D eigenvalue weighted by Crippen LogP contribution is -2.14. The first kappa shape index (κ1) is 14.8. The molecule has 2 aromatic carbocycles. The highest BCUT2D eigenvalue weighted by atomic mass is 16.1. The number of nitrogens with two attached hydrogens (primary N) is 1. The summed E-state index contributed by atoms with van der Waals surface area (Å²) in [5.74, 6) is 5.71. The Morgan fingerprint density at radius 1 is 1.19 bits per heavy atom. The number of anilines is 1. The van der Waals surface area contributed by atoms with E-state index in [0.29, 0.717) is 13.0 Å². The van der Waals surface area contributed by atoms with Gasteiger partial charge < -0.3 is 11.1 Å². The number of amides is 1. The van der Waals surface area contributed by atoms with E-state index in [0.717, 1.165) is 22.4 Å². The molecule has 0 bridgehead atoms. The van der Waals surface area contributed by atoms with Crippen LogP contribution in [0, 0.1) is 18.8 Å². The summed E-state index contributed by atoms with van der Waals surface area (Å²) in [4.78, 5) is 12.1. The molecule has 0 radical (unpaired) electrons. The monoisotopic (exact) mass is 278 g/mol. The molecule has 0 atom stereocenters. The third-order valence-corrected chi connectivity index (χ3v) is 2.93. The van der Waals surface area contributed by atoms with Gasteiger partial charge in [-0.3, -0.25) is 4.79 Å². The van der Waals surface area contributed by atoms with Gasteiger partial charge in [-0.05, 0) is 30.7 Å². The number of carbonyl (C=O) groups is 1. The summed E-state index contributed by atoms with van der Waals surface area (Å²) in [7, 11) is 0. The third-order valence-electron chi connectivity index (χ3n) is 2.93. The highest BCUT2D eigenvalue weighted by Gasteiger charge is 2.04. The van der Waals surface area contributed by atoms with E-state index in [2.05, 4.69) is 17.2 Å². The Hall–Kier alpha value is -2.57. The van der Waals surface area contributed by atoms with Gasteiger partial charge in [-0.15, -0.1) is 0 Å². The maximum absolute atomic E-state index is 12.1. The van der Waals surface area contributed by atoms with Crippen LogP contribution in [0.3, 0.4) is 0 Å². The molecule has 0 spiro atoms. The minimum Gasteiger partial charge on any atom is -0.326 e. The Balaban J connectivity index is 2.02. The zero-order valence-corrected chi connectivity index (χ0v) is 12.0. The molecule has 0 heterocycles. The van der Waals surface area contributed by atoms with Gasteiger partial charge in [0.25, 0.3) is 0 Å². The van der Waals surface area contributed by atoms with E-state index in [1.807, 2.05) is 55.5 Å². The number of hydrogen-bond donors (Lipinski definition) is 2. The molecule has 0 unspecified atom stereocenters. The minimum atomic E-state index is -0.0375. The third kappa shape index (κ3) is 4.79. The van der Waals surface area contributed by atoms with Crippen LogP contribution in [-0.2, 0) is 11.2 Å². The number of aryl methyl sites for hydroxylation is 1. The molecule has 0 saturated carbocycles. The summed E-state index contributed by atoms with van der Waals surface area (Å²) in [5, 5.41) is 2.89. The number of hydrogen-bond acceptors (Lipinski definition) is 2. The SMILES string of the molecule is Cc1cccc(CC(=O)Nc2cccc(C#CCN)c2)c1. The second-order valence-corrected chi connectivity index (χ2v) is 4.80. The molecule has 3 nitrogen and oxygen atoms in total. The summed E-state index contributed by atoms with van der Waals surface area (Å²) in [6.07, 6.45) is 0.361. The molecule has 0 aliphatic heterocycles. The van der Waals surface area contributed by atoms with Gasteiger partial charge in [-0.1, -0.05) is 47.7 Å². The van der Waals surface area contributed by atoms with E-state index in [-0.39, 0.29) is 5.91 Å². The molecule has 0 aliphatic carbocycles. The van der Waals surface area contributed by atoms with Gasteiger partial charge in [0.15, 0.2) is 0 Å². The van der Waals surface area contributed by atoms with Crippen LogP contribution >= 0.6 is 0 Å². The van der Waals surface area contributed by atoms with Crippen molar-refractivity contribution in [2.24, 2.45) is 5.73 Å². The Kier molecular flexibility index (Phi) is 5.14. The highest BCUT2D eigenvalue weighted by Crippen LogP contribution is 2.11. The molecular weight excluding hydrogens is 260 g/mol. The summed E-state index contributed by atoms with van der Waals surface area (Å²) in [6.45, 7) is 2.34. The number of carbonyl (C=O) groups excluding carboxylic acids is 1. The molecule has 3 heteroatoms. The lowest BCUT2D eigenvalue weighted by atomic mass is 10.1. The van der Waals surface area contributed by atoms with E-state index >= 15 is 0 Å². The van der Waals surface area contributed by atoms with Crippen molar-refractivity contribution in [2.75, 3.05) is 11.9 Å². The maximum Gasteiger partial charge on any atom is 0.228 e. The predicted octanol–water partition coefficient (Wildman–Crippen LogP) is 2.49. The van der Waals surface area contributed by atoms with Gasteiger partial charge >= 0.3 is 0 Å². The van der Waals surface area contributed by atoms with Crippen LogP contribution < -0.4 is 11.1 Å². The minimum absolute atomic E-state index is 0.0375. The highest BCUT2D eigenvalue weighted by molar-refractivity contribution is 5.92. The zero-order chi connectivity index (χ0) is 15.1. The molecule has 0 aromatic heterocycles.